The molecule has 0 unspecified atom stereocenters. The molecule has 1 heterocycles. The summed E-state index contributed by atoms with van der Waals surface area (Å²) in [6.45, 7) is 6.93. The summed E-state index contributed by atoms with van der Waals surface area (Å²) >= 11 is 0. The van der Waals surface area contributed by atoms with Gasteiger partial charge in [0, 0.05) is 31.7 Å². The zero-order chi connectivity index (χ0) is 19.2. The Labute approximate surface area is 161 Å². The van der Waals surface area contributed by atoms with E-state index < -0.39 is 0 Å². The van der Waals surface area contributed by atoms with E-state index in [4.69, 9.17) is 0 Å². The Hall–Kier alpha value is -2.62. The van der Waals surface area contributed by atoms with Crippen molar-refractivity contribution in [3.05, 3.63) is 71.3 Å². The van der Waals surface area contributed by atoms with Gasteiger partial charge in [-0.2, -0.15) is 0 Å². The van der Waals surface area contributed by atoms with Crippen molar-refractivity contribution >= 4 is 11.8 Å². The minimum Gasteiger partial charge on any atom is -0.341 e. The first-order valence-corrected chi connectivity index (χ1v) is 9.75. The minimum absolute atomic E-state index is 0.0502. The monoisotopic (exact) mass is 364 g/mol. The molecule has 0 saturated carbocycles. The molecule has 142 valence electrons. The van der Waals surface area contributed by atoms with Crippen LogP contribution in [0.3, 0.4) is 0 Å². The van der Waals surface area contributed by atoms with E-state index in [0.29, 0.717) is 44.1 Å². The SMILES string of the molecule is CC(C)c1ccc(CC(=O)N2CCCN(C(=O)c3ccccc3)CC2)cc1. The van der Waals surface area contributed by atoms with E-state index in [9.17, 15) is 9.59 Å². The second-order valence-electron chi connectivity index (χ2n) is 7.47. The molecule has 4 heteroatoms. The molecule has 4 nitrogen and oxygen atoms in total. The molecular weight excluding hydrogens is 336 g/mol. The molecule has 0 radical (unpaired) electrons. The molecule has 3 rings (SSSR count). The van der Waals surface area contributed by atoms with E-state index in [-0.39, 0.29) is 11.8 Å². The molecule has 2 aromatic carbocycles. The highest BCUT2D eigenvalue weighted by Crippen LogP contribution is 2.16. The summed E-state index contributed by atoms with van der Waals surface area (Å²) in [6, 6.07) is 17.7. The standard InChI is InChI=1S/C23H28N2O2/c1-18(2)20-11-9-19(10-12-20)17-22(26)24-13-6-14-25(16-15-24)23(27)21-7-4-3-5-8-21/h3-5,7-12,18H,6,13-17H2,1-2H3. The summed E-state index contributed by atoms with van der Waals surface area (Å²) in [5.74, 6) is 0.684. The van der Waals surface area contributed by atoms with Gasteiger partial charge in [-0.1, -0.05) is 56.3 Å². The Morgan fingerprint density at radius 3 is 2.15 bits per heavy atom. The molecule has 27 heavy (non-hydrogen) atoms. The maximum absolute atomic E-state index is 12.7. The van der Waals surface area contributed by atoms with E-state index in [1.165, 1.54) is 5.56 Å². The molecule has 1 fully saturated rings. The number of rotatable bonds is 4. The van der Waals surface area contributed by atoms with Gasteiger partial charge in [0.25, 0.3) is 5.91 Å². The third-order valence-corrected chi connectivity index (χ3v) is 5.16. The number of amides is 2. The van der Waals surface area contributed by atoms with Gasteiger partial charge < -0.3 is 9.80 Å². The molecule has 0 bridgehead atoms. The van der Waals surface area contributed by atoms with Gasteiger partial charge in [0.1, 0.15) is 0 Å². The van der Waals surface area contributed by atoms with Gasteiger partial charge >= 0.3 is 0 Å². The average molecular weight is 364 g/mol. The van der Waals surface area contributed by atoms with E-state index >= 15 is 0 Å². The zero-order valence-electron chi connectivity index (χ0n) is 16.2. The van der Waals surface area contributed by atoms with Crippen molar-refractivity contribution in [2.45, 2.75) is 32.6 Å². The fraction of sp³-hybridized carbons (Fsp3) is 0.391. The molecule has 0 aliphatic carbocycles. The molecule has 0 N–H and O–H groups in total. The number of carbonyl (C=O) groups is 2. The lowest BCUT2D eigenvalue weighted by Gasteiger charge is -2.22. The van der Waals surface area contributed by atoms with Crippen LogP contribution in [-0.4, -0.2) is 47.8 Å². The first-order valence-electron chi connectivity index (χ1n) is 9.75. The maximum Gasteiger partial charge on any atom is 0.253 e. The summed E-state index contributed by atoms with van der Waals surface area (Å²) in [6.07, 6.45) is 1.24. The van der Waals surface area contributed by atoms with Gasteiger partial charge in [-0.15, -0.1) is 0 Å². The predicted molar refractivity (Wildman–Crippen MR) is 108 cm³/mol. The van der Waals surface area contributed by atoms with Gasteiger partial charge in [-0.3, -0.25) is 9.59 Å². The van der Waals surface area contributed by atoms with Crippen LogP contribution in [0.2, 0.25) is 0 Å². The van der Waals surface area contributed by atoms with Crippen molar-refractivity contribution in [2.24, 2.45) is 0 Å². The largest absolute Gasteiger partial charge is 0.341 e. The lowest BCUT2D eigenvalue weighted by atomic mass is 10.0. The zero-order valence-corrected chi connectivity index (χ0v) is 16.2. The Morgan fingerprint density at radius 1 is 0.852 bits per heavy atom. The van der Waals surface area contributed by atoms with Crippen molar-refractivity contribution in [3.8, 4) is 0 Å². The van der Waals surface area contributed by atoms with Crippen molar-refractivity contribution in [1.29, 1.82) is 0 Å². The first-order chi connectivity index (χ1) is 13.0. The molecule has 0 spiro atoms. The molecule has 0 aromatic heterocycles. The quantitative estimate of drug-likeness (QED) is 0.829. The fourth-order valence-electron chi connectivity index (χ4n) is 3.44. The highest BCUT2D eigenvalue weighted by atomic mass is 16.2. The van der Waals surface area contributed by atoms with E-state index in [1.807, 2.05) is 40.1 Å². The number of benzene rings is 2. The predicted octanol–water partition coefficient (Wildman–Crippen LogP) is 3.73. The van der Waals surface area contributed by atoms with Crippen LogP contribution in [0, 0.1) is 0 Å². The van der Waals surface area contributed by atoms with Crippen LogP contribution in [0.5, 0.6) is 0 Å². The van der Waals surface area contributed by atoms with Crippen LogP contribution in [0.1, 0.15) is 47.7 Å². The summed E-state index contributed by atoms with van der Waals surface area (Å²) in [7, 11) is 0. The normalized spacial score (nSPS) is 14.9. The third-order valence-electron chi connectivity index (χ3n) is 5.16. The smallest absolute Gasteiger partial charge is 0.253 e. The van der Waals surface area contributed by atoms with Crippen molar-refractivity contribution in [2.75, 3.05) is 26.2 Å². The minimum atomic E-state index is 0.0502. The van der Waals surface area contributed by atoms with Gasteiger partial charge in [-0.05, 0) is 35.6 Å². The summed E-state index contributed by atoms with van der Waals surface area (Å²) in [4.78, 5) is 29.1. The third kappa shape index (κ3) is 4.97. The molecule has 2 aromatic rings. The highest BCUT2D eigenvalue weighted by Gasteiger charge is 2.22. The number of hydrogen-bond acceptors (Lipinski definition) is 2. The summed E-state index contributed by atoms with van der Waals surface area (Å²) in [5, 5.41) is 0. The van der Waals surface area contributed by atoms with Gasteiger partial charge in [0.15, 0.2) is 0 Å². The van der Waals surface area contributed by atoms with Crippen LogP contribution in [0.25, 0.3) is 0 Å². The lowest BCUT2D eigenvalue weighted by Crippen LogP contribution is -2.38. The fourth-order valence-corrected chi connectivity index (χ4v) is 3.44. The molecule has 1 aliphatic rings. The van der Waals surface area contributed by atoms with Crippen LogP contribution >= 0.6 is 0 Å². The van der Waals surface area contributed by atoms with Gasteiger partial charge in [0.05, 0.1) is 6.42 Å². The van der Waals surface area contributed by atoms with Gasteiger partial charge in [0.2, 0.25) is 5.91 Å². The van der Waals surface area contributed by atoms with Crippen LogP contribution in [0.4, 0.5) is 0 Å². The van der Waals surface area contributed by atoms with Gasteiger partial charge in [-0.25, -0.2) is 0 Å². The molecule has 1 saturated heterocycles. The second kappa shape index (κ2) is 8.85. The molecular formula is C23H28N2O2. The summed E-state index contributed by atoms with van der Waals surface area (Å²) in [5.41, 5.74) is 3.05. The van der Waals surface area contributed by atoms with E-state index in [2.05, 4.69) is 38.1 Å². The topological polar surface area (TPSA) is 40.6 Å². The Bertz CT molecular complexity index is 769. The molecule has 0 atom stereocenters. The van der Waals surface area contributed by atoms with Crippen molar-refractivity contribution in [3.63, 3.8) is 0 Å². The summed E-state index contributed by atoms with van der Waals surface area (Å²) < 4.78 is 0. The second-order valence-corrected chi connectivity index (χ2v) is 7.47. The first kappa shape index (κ1) is 19.2. The van der Waals surface area contributed by atoms with Crippen molar-refractivity contribution < 1.29 is 9.59 Å². The lowest BCUT2D eigenvalue weighted by molar-refractivity contribution is -0.130. The van der Waals surface area contributed by atoms with Crippen LogP contribution in [-0.2, 0) is 11.2 Å². The maximum atomic E-state index is 12.7. The average Bonchev–Trinajstić information content (AvgIpc) is 2.95. The van der Waals surface area contributed by atoms with Crippen LogP contribution < -0.4 is 0 Å². The van der Waals surface area contributed by atoms with Crippen LogP contribution in [0.15, 0.2) is 54.6 Å². The molecule has 1 aliphatic heterocycles. The highest BCUT2D eigenvalue weighted by molar-refractivity contribution is 5.94. The Morgan fingerprint density at radius 2 is 1.48 bits per heavy atom. The number of carbonyl (C=O) groups excluding carboxylic acids is 2. The number of hydrogen-bond donors (Lipinski definition) is 0. The van der Waals surface area contributed by atoms with E-state index in [1.54, 1.807) is 0 Å². The molecule has 2 amide bonds. The Balaban J connectivity index is 1.57. The van der Waals surface area contributed by atoms with Crippen molar-refractivity contribution in [1.82, 2.24) is 9.80 Å². The Kier molecular flexibility index (Phi) is 6.28. The number of nitrogens with zero attached hydrogens (tertiary/aromatic N) is 2. The van der Waals surface area contributed by atoms with E-state index in [0.717, 1.165) is 12.0 Å².